The second-order valence-corrected chi connectivity index (χ2v) is 5.47. The van der Waals surface area contributed by atoms with E-state index in [2.05, 4.69) is 26.1 Å². The number of nitrogens with zero attached hydrogens (tertiary/aromatic N) is 2. The van der Waals surface area contributed by atoms with Gasteiger partial charge in [-0.25, -0.2) is 0 Å². The summed E-state index contributed by atoms with van der Waals surface area (Å²) in [5, 5.41) is 23.6. The summed E-state index contributed by atoms with van der Waals surface area (Å²) >= 11 is 3.40. The predicted molar refractivity (Wildman–Crippen MR) is 80.9 cm³/mol. The Kier molecular flexibility index (Phi) is 3.39. The Bertz CT molecular complexity index is 794. The number of rotatable bonds is 2. The van der Waals surface area contributed by atoms with Crippen molar-refractivity contribution >= 4 is 15.9 Å². The summed E-state index contributed by atoms with van der Waals surface area (Å²) in [6.45, 7) is 1.94. The van der Waals surface area contributed by atoms with Gasteiger partial charge in [-0.2, -0.15) is 4.98 Å². The Balaban J connectivity index is 2.08. The van der Waals surface area contributed by atoms with Gasteiger partial charge in [0.25, 0.3) is 5.89 Å². The standard InChI is InChI=1S/C15H11BrN2O3/c1-8-7-9(16)5-6-10(8)14-17-15(21-18-14)13-11(19)3-2-4-12(13)20/h2-7,19-20H,1H3. The molecule has 0 atom stereocenters. The number of benzene rings is 2. The molecule has 0 fully saturated rings. The molecule has 0 amide bonds. The molecule has 3 aromatic rings. The molecule has 1 heterocycles. The lowest BCUT2D eigenvalue weighted by molar-refractivity contribution is 0.416. The Morgan fingerprint density at radius 2 is 1.81 bits per heavy atom. The van der Waals surface area contributed by atoms with Crippen LogP contribution in [-0.2, 0) is 0 Å². The highest BCUT2D eigenvalue weighted by Gasteiger charge is 2.18. The number of aryl methyl sites for hydroxylation is 1. The van der Waals surface area contributed by atoms with E-state index in [9.17, 15) is 10.2 Å². The minimum atomic E-state index is -0.113. The highest BCUT2D eigenvalue weighted by molar-refractivity contribution is 9.10. The monoisotopic (exact) mass is 346 g/mol. The fourth-order valence-electron chi connectivity index (χ4n) is 2.06. The van der Waals surface area contributed by atoms with E-state index in [1.54, 1.807) is 0 Å². The van der Waals surface area contributed by atoms with Gasteiger partial charge in [-0.15, -0.1) is 0 Å². The number of phenols is 2. The fourth-order valence-corrected chi connectivity index (χ4v) is 2.54. The lowest BCUT2D eigenvalue weighted by Gasteiger charge is -2.02. The zero-order valence-corrected chi connectivity index (χ0v) is 12.6. The summed E-state index contributed by atoms with van der Waals surface area (Å²) in [6, 6.07) is 10.1. The van der Waals surface area contributed by atoms with Crippen molar-refractivity contribution in [1.82, 2.24) is 10.1 Å². The Hall–Kier alpha value is -2.34. The lowest BCUT2D eigenvalue weighted by Crippen LogP contribution is -1.86. The van der Waals surface area contributed by atoms with Gasteiger partial charge in [0.15, 0.2) is 0 Å². The van der Waals surface area contributed by atoms with Crippen molar-refractivity contribution in [2.24, 2.45) is 0 Å². The lowest BCUT2D eigenvalue weighted by atomic mass is 10.1. The second kappa shape index (κ2) is 5.21. The summed E-state index contributed by atoms with van der Waals surface area (Å²) in [6.07, 6.45) is 0. The number of phenolic OH excluding ortho intramolecular Hbond substituents is 2. The molecule has 6 heteroatoms. The van der Waals surface area contributed by atoms with E-state index in [0.29, 0.717) is 5.82 Å². The van der Waals surface area contributed by atoms with Gasteiger partial charge in [0.2, 0.25) is 5.82 Å². The highest BCUT2D eigenvalue weighted by Crippen LogP contribution is 2.36. The second-order valence-electron chi connectivity index (χ2n) is 4.55. The highest BCUT2D eigenvalue weighted by atomic mass is 79.9. The quantitative estimate of drug-likeness (QED) is 0.735. The summed E-state index contributed by atoms with van der Waals surface area (Å²) < 4.78 is 6.12. The molecule has 21 heavy (non-hydrogen) atoms. The molecule has 2 N–H and O–H groups in total. The van der Waals surface area contributed by atoms with Gasteiger partial charge in [0, 0.05) is 10.0 Å². The normalized spacial score (nSPS) is 10.8. The molecule has 0 unspecified atom stereocenters. The van der Waals surface area contributed by atoms with E-state index in [0.717, 1.165) is 15.6 Å². The number of aromatic nitrogens is 2. The average Bonchev–Trinajstić information content (AvgIpc) is 2.87. The third-order valence-electron chi connectivity index (χ3n) is 3.09. The van der Waals surface area contributed by atoms with Crippen molar-refractivity contribution in [1.29, 1.82) is 0 Å². The Morgan fingerprint density at radius 3 is 2.48 bits per heavy atom. The third kappa shape index (κ3) is 2.50. The van der Waals surface area contributed by atoms with E-state index in [4.69, 9.17) is 4.52 Å². The molecular weight excluding hydrogens is 336 g/mol. The van der Waals surface area contributed by atoms with Crippen LogP contribution in [0.15, 0.2) is 45.4 Å². The third-order valence-corrected chi connectivity index (χ3v) is 3.58. The first-order chi connectivity index (χ1) is 10.1. The molecule has 3 rings (SSSR count). The van der Waals surface area contributed by atoms with Gasteiger partial charge < -0.3 is 14.7 Å². The predicted octanol–water partition coefficient (Wildman–Crippen LogP) is 3.89. The van der Waals surface area contributed by atoms with Crippen LogP contribution in [0, 0.1) is 6.92 Å². The van der Waals surface area contributed by atoms with Crippen molar-refractivity contribution in [3.8, 4) is 34.3 Å². The number of aromatic hydroxyl groups is 2. The van der Waals surface area contributed by atoms with Crippen molar-refractivity contribution in [3.05, 3.63) is 46.4 Å². The zero-order valence-electron chi connectivity index (χ0n) is 11.0. The zero-order chi connectivity index (χ0) is 15.0. The molecule has 2 aromatic carbocycles. The van der Waals surface area contributed by atoms with Gasteiger partial charge in [-0.1, -0.05) is 27.2 Å². The number of halogens is 1. The van der Waals surface area contributed by atoms with Crippen LogP contribution in [0.3, 0.4) is 0 Å². The molecule has 5 nitrogen and oxygen atoms in total. The van der Waals surface area contributed by atoms with Gasteiger partial charge in [-0.05, 0) is 42.8 Å². The average molecular weight is 347 g/mol. The van der Waals surface area contributed by atoms with Gasteiger partial charge >= 0.3 is 0 Å². The molecule has 0 bridgehead atoms. The van der Waals surface area contributed by atoms with Crippen LogP contribution in [0.1, 0.15) is 5.56 Å². The van der Waals surface area contributed by atoms with Crippen LogP contribution < -0.4 is 0 Å². The van der Waals surface area contributed by atoms with Gasteiger partial charge in [0.05, 0.1) is 0 Å². The molecule has 0 aliphatic rings. The minimum absolute atomic E-state index is 0.0721. The first kappa shape index (κ1) is 13.6. The molecule has 106 valence electrons. The Labute approximate surface area is 129 Å². The van der Waals surface area contributed by atoms with E-state index in [1.807, 2.05) is 25.1 Å². The maximum Gasteiger partial charge on any atom is 0.265 e. The molecule has 0 saturated carbocycles. The van der Waals surface area contributed by atoms with Crippen LogP contribution in [0.5, 0.6) is 11.5 Å². The van der Waals surface area contributed by atoms with E-state index in [1.165, 1.54) is 18.2 Å². The summed E-state index contributed by atoms with van der Waals surface area (Å²) in [5.74, 6) is 0.246. The van der Waals surface area contributed by atoms with Gasteiger partial charge in [0.1, 0.15) is 17.1 Å². The molecule has 0 aliphatic carbocycles. The van der Waals surface area contributed by atoms with Crippen molar-refractivity contribution in [2.45, 2.75) is 6.92 Å². The van der Waals surface area contributed by atoms with Crippen LogP contribution in [-0.4, -0.2) is 20.4 Å². The van der Waals surface area contributed by atoms with Crippen LogP contribution in [0.4, 0.5) is 0 Å². The summed E-state index contributed by atoms with van der Waals surface area (Å²) in [4.78, 5) is 4.25. The molecule has 0 spiro atoms. The van der Waals surface area contributed by atoms with E-state index in [-0.39, 0.29) is 23.0 Å². The van der Waals surface area contributed by atoms with Crippen LogP contribution >= 0.6 is 15.9 Å². The SMILES string of the molecule is Cc1cc(Br)ccc1-c1noc(-c2c(O)cccc2O)n1. The summed E-state index contributed by atoms with van der Waals surface area (Å²) in [7, 11) is 0. The first-order valence-electron chi connectivity index (χ1n) is 6.18. The maximum atomic E-state index is 9.82. The van der Waals surface area contributed by atoms with E-state index < -0.39 is 0 Å². The van der Waals surface area contributed by atoms with Crippen LogP contribution in [0.2, 0.25) is 0 Å². The topological polar surface area (TPSA) is 79.4 Å². The molecule has 0 radical (unpaired) electrons. The molecule has 1 aromatic heterocycles. The minimum Gasteiger partial charge on any atom is -0.507 e. The summed E-state index contributed by atoms with van der Waals surface area (Å²) in [5.41, 5.74) is 1.94. The Morgan fingerprint density at radius 1 is 1.10 bits per heavy atom. The first-order valence-corrected chi connectivity index (χ1v) is 6.97. The number of hydrogen-bond acceptors (Lipinski definition) is 5. The largest absolute Gasteiger partial charge is 0.507 e. The van der Waals surface area contributed by atoms with Crippen molar-refractivity contribution in [2.75, 3.05) is 0 Å². The van der Waals surface area contributed by atoms with Crippen molar-refractivity contribution in [3.63, 3.8) is 0 Å². The molecule has 0 saturated heterocycles. The smallest absolute Gasteiger partial charge is 0.265 e. The van der Waals surface area contributed by atoms with E-state index >= 15 is 0 Å². The van der Waals surface area contributed by atoms with Crippen LogP contribution in [0.25, 0.3) is 22.8 Å². The molecule has 0 aliphatic heterocycles. The van der Waals surface area contributed by atoms with Gasteiger partial charge in [-0.3, -0.25) is 0 Å². The van der Waals surface area contributed by atoms with Crippen molar-refractivity contribution < 1.29 is 14.7 Å². The molecular formula is C15H11BrN2O3. The maximum absolute atomic E-state index is 9.82. The fraction of sp³-hybridized carbons (Fsp3) is 0.0667. The number of hydrogen-bond donors (Lipinski definition) is 2.